The summed E-state index contributed by atoms with van der Waals surface area (Å²) in [7, 11) is 0. The van der Waals surface area contributed by atoms with Crippen LogP contribution < -0.4 is 9.47 Å². The third-order valence-corrected chi connectivity index (χ3v) is 5.51. The van der Waals surface area contributed by atoms with Crippen molar-refractivity contribution in [1.82, 2.24) is 0 Å². The average Bonchev–Trinajstić information content (AvgIpc) is 2.59. The molecule has 0 fully saturated rings. The van der Waals surface area contributed by atoms with Crippen molar-refractivity contribution in [3.05, 3.63) is 56.5 Å². The molecule has 2 unspecified atom stereocenters. The Labute approximate surface area is 177 Å². The van der Waals surface area contributed by atoms with Crippen LogP contribution in [0.1, 0.15) is 38.8 Å². The quantitative estimate of drug-likeness (QED) is 0.531. The molecule has 148 valence electrons. The molecule has 0 amide bonds. The Morgan fingerprint density at radius 1 is 0.815 bits per heavy atom. The zero-order valence-electron chi connectivity index (χ0n) is 16.0. The van der Waals surface area contributed by atoms with Crippen molar-refractivity contribution in [3.8, 4) is 11.5 Å². The van der Waals surface area contributed by atoms with Gasteiger partial charge >= 0.3 is 0 Å². The van der Waals surface area contributed by atoms with Crippen LogP contribution in [0.5, 0.6) is 11.5 Å². The van der Waals surface area contributed by atoms with Crippen LogP contribution in [-0.4, -0.2) is 35.6 Å². The molecular formula is C21H26Br2O4. The summed E-state index contributed by atoms with van der Waals surface area (Å²) in [6, 6.07) is 12.0. The monoisotopic (exact) mass is 500 g/mol. The van der Waals surface area contributed by atoms with E-state index in [9.17, 15) is 10.2 Å². The Morgan fingerprint density at radius 2 is 1.19 bits per heavy atom. The van der Waals surface area contributed by atoms with Gasteiger partial charge in [-0.2, -0.15) is 0 Å². The van der Waals surface area contributed by atoms with E-state index in [1.165, 1.54) is 0 Å². The minimum atomic E-state index is -0.514. The molecule has 27 heavy (non-hydrogen) atoms. The minimum absolute atomic E-state index is 0.239. The van der Waals surface area contributed by atoms with E-state index in [1.807, 2.05) is 36.4 Å². The number of hydrogen-bond donors (Lipinski definition) is 2. The van der Waals surface area contributed by atoms with Gasteiger partial charge in [0.2, 0.25) is 0 Å². The molecule has 0 aliphatic rings. The number of aliphatic hydroxyl groups is 2. The molecule has 2 rings (SSSR count). The predicted octanol–water partition coefficient (Wildman–Crippen LogP) is 5.06. The van der Waals surface area contributed by atoms with Crippen LogP contribution in [0.25, 0.3) is 0 Å². The molecule has 6 heteroatoms. The van der Waals surface area contributed by atoms with E-state index in [4.69, 9.17) is 9.47 Å². The van der Waals surface area contributed by atoms with E-state index in [2.05, 4.69) is 45.7 Å². The Kier molecular flexibility index (Phi) is 7.74. The van der Waals surface area contributed by atoms with E-state index in [0.29, 0.717) is 11.5 Å². The molecule has 0 spiro atoms. The maximum Gasteiger partial charge on any atom is 0.133 e. The Bertz CT molecular complexity index is 709. The summed E-state index contributed by atoms with van der Waals surface area (Å²) >= 11 is 7.13. The van der Waals surface area contributed by atoms with Gasteiger partial charge in [0.15, 0.2) is 0 Å². The molecule has 0 aromatic heterocycles. The summed E-state index contributed by atoms with van der Waals surface area (Å²) in [5.74, 6) is 1.41. The molecule has 0 saturated carbocycles. The Morgan fingerprint density at radius 3 is 1.48 bits per heavy atom. The standard InChI is InChI=1S/C21H26Br2O4/c1-13(24)11-26-19-7-5-15(9-17(19)22)21(3,4)16-6-8-20(18(23)10-16)27-12-14(2)25/h5-10,13-14,24-25H,11-12H2,1-4H3. The lowest BCUT2D eigenvalue weighted by molar-refractivity contribution is 0.122. The smallest absolute Gasteiger partial charge is 0.133 e. The predicted molar refractivity (Wildman–Crippen MR) is 115 cm³/mol. The molecule has 2 aromatic rings. The largest absolute Gasteiger partial charge is 0.490 e. The number of aliphatic hydroxyl groups excluding tert-OH is 2. The molecular weight excluding hydrogens is 476 g/mol. The molecule has 0 bridgehead atoms. The van der Waals surface area contributed by atoms with Crippen molar-refractivity contribution < 1.29 is 19.7 Å². The van der Waals surface area contributed by atoms with Crippen molar-refractivity contribution in [2.75, 3.05) is 13.2 Å². The highest BCUT2D eigenvalue weighted by atomic mass is 79.9. The molecule has 0 heterocycles. The second-order valence-corrected chi connectivity index (χ2v) is 8.94. The van der Waals surface area contributed by atoms with Gasteiger partial charge in [-0.3, -0.25) is 0 Å². The van der Waals surface area contributed by atoms with Crippen molar-refractivity contribution in [3.63, 3.8) is 0 Å². The number of rotatable bonds is 8. The second kappa shape index (κ2) is 9.41. The minimum Gasteiger partial charge on any atom is -0.490 e. The third kappa shape index (κ3) is 5.95. The van der Waals surface area contributed by atoms with Gasteiger partial charge in [-0.1, -0.05) is 26.0 Å². The molecule has 4 nitrogen and oxygen atoms in total. The summed E-state index contributed by atoms with van der Waals surface area (Å²) < 4.78 is 12.9. The normalized spacial score (nSPS) is 13.9. The number of benzene rings is 2. The van der Waals surface area contributed by atoms with Gasteiger partial charge in [0.1, 0.15) is 24.7 Å². The van der Waals surface area contributed by atoms with Crippen molar-refractivity contribution in [2.45, 2.75) is 45.3 Å². The second-order valence-electron chi connectivity index (χ2n) is 7.24. The maximum atomic E-state index is 9.39. The number of ether oxygens (including phenoxy) is 2. The molecule has 2 N–H and O–H groups in total. The van der Waals surface area contributed by atoms with E-state index in [1.54, 1.807) is 13.8 Å². The first-order chi connectivity index (χ1) is 12.6. The van der Waals surface area contributed by atoms with Crippen LogP contribution in [-0.2, 0) is 5.41 Å². The fraction of sp³-hybridized carbons (Fsp3) is 0.429. The lowest BCUT2D eigenvalue weighted by Crippen LogP contribution is -2.19. The lowest BCUT2D eigenvalue weighted by Gasteiger charge is -2.27. The summed E-state index contributed by atoms with van der Waals surface area (Å²) in [6.07, 6.45) is -1.03. The van der Waals surface area contributed by atoms with Crippen LogP contribution in [0.3, 0.4) is 0 Å². The van der Waals surface area contributed by atoms with Crippen LogP contribution in [0.2, 0.25) is 0 Å². The highest BCUT2D eigenvalue weighted by molar-refractivity contribution is 9.10. The lowest BCUT2D eigenvalue weighted by atomic mass is 9.78. The van der Waals surface area contributed by atoms with Crippen LogP contribution in [0.15, 0.2) is 45.3 Å². The number of hydrogen-bond acceptors (Lipinski definition) is 4. The topological polar surface area (TPSA) is 58.9 Å². The van der Waals surface area contributed by atoms with Crippen molar-refractivity contribution in [2.24, 2.45) is 0 Å². The zero-order chi connectivity index (χ0) is 20.2. The summed E-state index contributed by atoms with van der Waals surface area (Å²) in [5, 5.41) is 18.8. The first-order valence-electron chi connectivity index (χ1n) is 8.83. The van der Waals surface area contributed by atoms with Gasteiger partial charge in [-0.05, 0) is 81.1 Å². The Balaban J connectivity index is 2.24. The molecule has 2 aromatic carbocycles. The maximum absolute atomic E-state index is 9.39. The van der Waals surface area contributed by atoms with Crippen LogP contribution >= 0.6 is 31.9 Å². The highest BCUT2D eigenvalue weighted by Crippen LogP contribution is 2.38. The van der Waals surface area contributed by atoms with Gasteiger partial charge < -0.3 is 19.7 Å². The SMILES string of the molecule is CC(O)COc1ccc(C(C)(C)c2ccc(OCC(C)O)c(Br)c2)cc1Br. The third-order valence-electron chi connectivity index (χ3n) is 4.27. The van der Waals surface area contributed by atoms with Gasteiger partial charge in [-0.15, -0.1) is 0 Å². The molecule has 0 aliphatic heterocycles. The highest BCUT2D eigenvalue weighted by Gasteiger charge is 2.25. The van der Waals surface area contributed by atoms with Crippen molar-refractivity contribution >= 4 is 31.9 Å². The van der Waals surface area contributed by atoms with E-state index >= 15 is 0 Å². The van der Waals surface area contributed by atoms with Crippen LogP contribution in [0.4, 0.5) is 0 Å². The van der Waals surface area contributed by atoms with Gasteiger partial charge in [0.25, 0.3) is 0 Å². The average molecular weight is 502 g/mol. The summed E-state index contributed by atoms with van der Waals surface area (Å²) in [6.45, 7) is 8.20. The number of halogens is 2. The zero-order valence-corrected chi connectivity index (χ0v) is 19.2. The molecule has 0 saturated heterocycles. The van der Waals surface area contributed by atoms with Gasteiger partial charge in [0, 0.05) is 5.41 Å². The van der Waals surface area contributed by atoms with Crippen molar-refractivity contribution in [1.29, 1.82) is 0 Å². The summed E-state index contributed by atoms with van der Waals surface area (Å²) in [5.41, 5.74) is 2.02. The fourth-order valence-electron chi connectivity index (χ4n) is 2.60. The van der Waals surface area contributed by atoms with E-state index in [0.717, 1.165) is 20.1 Å². The van der Waals surface area contributed by atoms with Crippen LogP contribution in [0, 0.1) is 0 Å². The first-order valence-corrected chi connectivity index (χ1v) is 10.4. The van der Waals surface area contributed by atoms with Gasteiger partial charge in [0.05, 0.1) is 21.2 Å². The molecule has 0 radical (unpaired) electrons. The van der Waals surface area contributed by atoms with E-state index < -0.39 is 12.2 Å². The fourth-order valence-corrected chi connectivity index (χ4v) is 3.59. The Hall–Kier alpha value is -1.08. The first kappa shape index (κ1) is 22.2. The molecule has 2 atom stereocenters. The van der Waals surface area contributed by atoms with Gasteiger partial charge in [-0.25, -0.2) is 0 Å². The molecule has 0 aliphatic carbocycles. The summed E-state index contributed by atoms with van der Waals surface area (Å²) in [4.78, 5) is 0. The van der Waals surface area contributed by atoms with E-state index in [-0.39, 0.29) is 18.6 Å².